The number of nitrogens with one attached hydrogen (secondary N) is 1. The number of nitrogens with zero attached hydrogens (tertiary/aromatic N) is 1. The SMILES string of the molecule is CCCC(O)c1ccc(CC(NS(=O)[O-])c2cccs2)n1C. The van der Waals surface area contributed by atoms with E-state index < -0.39 is 17.4 Å². The van der Waals surface area contributed by atoms with E-state index in [0.717, 1.165) is 22.7 Å². The van der Waals surface area contributed by atoms with Gasteiger partial charge in [0.05, 0.1) is 12.1 Å². The van der Waals surface area contributed by atoms with Gasteiger partial charge in [0.1, 0.15) is 0 Å². The monoisotopic (exact) mass is 341 g/mol. The maximum absolute atomic E-state index is 11.0. The molecule has 7 heteroatoms. The number of aliphatic hydroxyl groups excluding tert-OH is 1. The molecule has 0 bridgehead atoms. The molecule has 2 aromatic rings. The Balaban J connectivity index is 2.18. The molecule has 0 spiro atoms. The summed E-state index contributed by atoms with van der Waals surface area (Å²) < 4.78 is 26.6. The molecular formula is C15H21N2O3S2-. The van der Waals surface area contributed by atoms with E-state index in [4.69, 9.17) is 0 Å². The number of aromatic nitrogens is 1. The second kappa shape index (κ2) is 8.03. The van der Waals surface area contributed by atoms with E-state index in [9.17, 15) is 13.9 Å². The zero-order chi connectivity index (χ0) is 16.1. The molecule has 0 aliphatic rings. The van der Waals surface area contributed by atoms with Gasteiger partial charge >= 0.3 is 0 Å². The molecule has 122 valence electrons. The lowest BCUT2D eigenvalue weighted by atomic mass is 10.1. The predicted molar refractivity (Wildman–Crippen MR) is 88.1 cm³/mol. The van der Waals surface area contributed by atoms with Crippen molar-refractivity contribution in [3.63, 3.8) is 0 Å². The van der Waals surface area contributed by atoms with Gasteiger partial charge in [-0.05, 0) is 30.0 Å². The van der Waals surface area contributed by atoms with E-state index in [2.05, 4.69) is 4.72 Å². The van der Waals surface area contributed by atoms with Crippen LogP contribution in [-0.4, -0.2) is 18.4 Å². The molecule has 0 saturated heterocycles. The van der Waals surface area contributed by atoms with Crippen LogP contribution in [0.15, 0.2) is 29.6 Å². The van der Waals surface area contributed by atoms with Crippen LogP contribution in [0.2, 0.25) is 0 Å². The first-order valence-electron chi connectivity index (χ1n) is 7.24. The third-order valence-corrected chi connectivity index (χ3v) is 5.17. The van der Waals surface area contributed by atoms with Gasteiger partial charge in [-0.3, -0.25) is 4.21 Å². The van der Waals surface area contributed by atoms with Crippen LogP contribution in [0, 0.1) is 0 Å². The lowest BCUT2D eigenvalue weighted by Gasteiger charge is -2.20. The van der Waals surface area contributed by atoms with Crippen LogP contribution in [0.1, 0.15) is 48.2 Å². The number of hydrogen-bond donors (Lipinski definition) is 2. The highest BCUT2D eigenvalue weighted by molar-refractivity contribution is 7.77. The Bertz CT molecular complexity index is 610. The molecule has 0 amide bonds. The smallest absolute Gasteiger partial charge is 0.0939 e. The summed E-state index contributed by atoms with van der Waals surface area (Å²) in [5.41, 5.74) is 1.85. The first-order chi connectivity index (χ1) is 10.5. The van der Waals surface area contributed by atoms with Crippen molar-refractivity contribution in [3.05, 3.63) is 45.9 Å². The summed E-state index contributed by atoms with van der Waals surface area (Å²) in [7, 11) is 1.91. The van der Waals surface area contributed by atoms with Gasteiger partial charge in [-0.15, -0.1) is 11.3 Å². The summed E-state index contributed by atoms with van der Waals surface area (Å²) >= 11 is -0.793. The summed E-state index contributed by atoms with van der Waals surface area (Å²) in [6.45, 7) is 2.04. The van der Waals surface area contributed by atoms with Crippen molar-refractivity contribution in [1.29, 1.82) is 0 Å². The predicted octanol–water partition coefficient (Wildman–Crippen LogP) is 2.59. The van der Waals surface area contributed by atoms with Crippen molar-refractivity contribution in [2.45, 2.75) is 38.3 Å². The average molecular weight is 341 g/mol. The van der Waals surface area contributed by atoms with Crippen LogP contribution in [0.3, 0.4) is 0 Å². The lowest BCUT2D eigenvalue weighted by molar-refractivity contribution is 0.158. The quantitative estimate of drug-likeness (QED) is 0.725. The van der Waals surface area contributed by atoms with Crippen LogP contribution in [0.25, 0.3) is 0 Å². The van der Waals surface area contributed by atoms with Gasteiger partial charge in [0.15, 0.2) is 0 Å². The van der Waals surface area contributed by atoms with Gasteiger partial charge in [-0.25, -0.2) is 4.72 Å². The first kappa shape index (κ1) is 17.4. The average Bonchev–Trinajstić information content (AvgIpc) is 3.09. The molecule has 0 aliphatic heterocycles. The number of aliphatic hydroxyl groups is 1. The highest BCUT2D eigenvalue weighted by atomic mass is 32.2. The second-order valence-corrected chi connectivity index (χ2v) is 6.92. The van der Waals surface area contributed by atoms with Crippen molar-refractivity contribution >= 4 is 22.6 Å². The molecule has 3 unspecified atom stereocenters. The van der Waals surface area contributed by atoms with E-state index in [1.807, 2.05) is 48.2 Å². The number of rotatable bonds is 8. The van der Waals surface area contributed by atoms with Gasteiger partial charge in [0.25, 0.3) is 0 Å². The fraction of sp³-hybridized carbons (Fsp3) is 0.467. The zero-order valence-electron chi connectivity index (χ0n) is 12.7. The molecule has 2 N–H and O–H groups in total. The standard InChI is InChI=1S/C15H22N2O3S2/c1-3-5-14(18)13-8-7-11(17(13)2)10-12(16-22(19)20)15-6-4-9-21-15/h4,6-9,12,14,16,18H,3,5,10H2,1-2H3,(H,19,20)/p-1. The van der Waals surface area contributed by atoms with Crippen LogP contribution in [-0.2, 0) is 24.7 Å². The maximum Gasteiger partial charge on any atom is 0.0939 e. The highest BCUT2D eigenvalue weighted by Crippen LogP contribution is 2.26. The molecule has 0 aromatic carbocycles. The van der Waals surface area contributed by atoms with E-state index in [1.165, 1.54) is 11.3 Å². The number of hydrogen-bond acceptors (Lipinski definition) is 4. The Morgan fingerprint density at radius 1 is 1.45 bits per heavy atom. The third-order valence-electron chi connectivity index (χ3n) is 3.71. The first-order valence-corrected chi connectivity index (χ1v) is 9.19. The highest BCUT2D eigenvalue weighted by Gasteiger charge is 2.18. The minimum absolute atomic E-state index is 0.289. The zero-order valence-corrected chi connectivity index (χ0v) is 14.3. The van der Waals surface area contributed by atoms with Gasteiger partial charge in [0.2, 0.25) is 0 Å². The number of thiophene rings is 1. The van der Waals surface area contributed by atoms with Gasteiger partial charge in [0, 0.05) is 41.0 Å². The Kier molecular flexibility index (Phi) is 6.34. The maximum atomic E-state index is 11.0. The Morgan fingerprint density at radius 2 is 2.23 bits per heavy atom. The van der Waals surface area contributed by atoms with E-state index >= 15 is 0 Å². The van der Waals surface area contributed by atoms with Crippen molar-refractivity contribution in [2.75, 3.05) is 0 Å². The van der Waals surface area contributed by atoms with E-state index in [1.54, 1.807) is 0 Å². The van der Waals surface area contributed by atoms with E-state index in [-0.39, 0.29) is 6.04 Å². The minimum atomic E-state index is -2.32. The van der Waals surface area contributed by atoms with Gasteiger partial charge < -0.3 is 14.2 Å². The topological polar surface area (TPSA) is 77.3 Å². The van der Waals surface area contributed by atoms with Gasteiger partial charge in [-0.2, -0.15) is 0 Å². The minimum Gasteiger partial charge on any atom is -0.760 e. The normalized spacial score (nSPS) is 15.6. The Hall–Kier alpha value is -0.990. The Labute approximate surface area is 137 Å². The summed E-state index contributed by atoms with van der Waals surface area (Å²) in [6, 6.07) is 7.40. The molecule has 2 aromatic heterocycles. The fourth-order valence-corrected chi connectivity index (χ4v) is 3.84. The molecule has 2 heterocycles. The Morgan fingerprint density at radius 3 is 2.82 bits per heavy atom. The van der Waals surface area contributed by atoms with E-state index in [0.29, 0.717) is 12.8 Å². The van der Waals surface area contributed by atoms with Crippen LogP contribution < -0.4 is 4.72 Å². The molecule has 2 rings (SSSR count). The summed E-state index contributed by atoms with van der Waals surface area (Å²) in [4.78, 5) is 0.973. The van der Waals surface area contributed by atoms with Crippen molar-refractivity contribution in [2.24, 2.45) is 7.05 Å². The van der Waals surface area contributed by atoms with Crippen molar-refractivity contribution < 1.29 is 13.9 Å². The molecule has 0 aliphatic carbocycles. The van der Waals surface area contributed by atoms with Crippen LogP contribution in [0.4, 0.5) is 0 Å². The van der Waals surface area contributed by atoms with Crippen molar-refractivity contribution in [3.8, 4) is 0 Å². The molecule has 0 fully saturated rings. The van der Waals surface area contributed by atoms with Crippen LogP contribution in [0.5, 0.6) is 0 Å². The summed E-state index contributed by atoms with van der Waals surface area (Å²) in [6.07, 6.45) is 1.69. The molecule has 3 atom stereocenters. The molecule has 5 nitrogen and oxygen atoms in total. The lowest BCUT2D eigenvalue weighted by Crippen LogP contribution is -2.25. The largest absolute Gasteiger partial charge is 0.760 e. The third kappa shape index (κ3) is 4.27. The van der Waals surface area contributed by atoms with Gasteiger partial charge in [-0.1, -0.05) is 19.4 Å². The second-order valence-electron chi connectivity index (χ2n) is 5.24. The summed E-state index contributed by atoms with van der Waals surface area (Å²) in [5.74, 6) is 0. The molecular weight excluding hydrogens is 320 g/mol. The molecule has 22 heavy (non-hydrogen) atoms. The molecule has 0 saturated carbocycles. The van der Waals surface area contributed by atoms with Crippen molar-refractivity contribution in [1.82, 2.24) is 9.29 Å². The fourth-order valence-electron chi connectivity index (χ4n) is 2.55. The van der Waals surface area contributed by atoms with Crippen LogP contribution >= 0.6 is 11.3 Å². The summed E-state index contributed by atoms with van der Waals surface area (Å²) in [5, 5.41) is 12.1. The molecule has 0 radical (unpaired) electrons.